The molecule has 5 heteroatoms. The molecule has 0 atom stereocenters. The van der Waals surface area contributed by atoms with Crippen molar-refractivity contribution in [3.8, 4) is 0 Å². The number of aliphatic hydroxyl groups is 1. The molecule has 0 radical (unpaired) electrons. The Morgan fingerprint density at radius 1 is 1.38 bits per heavy atom. The van der Waals surface area contributed by atoms with Crippen LogP contribution in [0.5, 0.6) is 0 Å². The van der Waals surface area contributed by atoms with E-state index in [4.69, 9.17) is 9.52 Å². The highest BCUT2D eigenvalue weighted by atomic mass is 16.4. The van der Waals surface area contributed by atoms with Crippen molar-refractivity contribution in [1.82, 2.24) is 4.98 Å². The second-order valence-electron chi connectivity index (χ2n) is 3.59. The average Bonchev–Trinajstić information content (AvgIpc) is 2.20. The van der Waals surface area contributed by atoms with E-state index in [-0.39, 0.29) is 24.2 Å². The molecule has 0 saturated carbocycles. The summed E-state index contributed by atoms with van der Waals surface area (Å²) in [4.78, 5) is 25.7. The first-order chi connectivity index (χ1) is 7.61. The van der Waals surface area contributed by atoms with E-state index in [1.807, 2.05) is 0 Å². The summed E-state index contributed by atoms with van der Waals surface area (Å²) in [5.41, 5.74) is 0.414. The van der Waals surface area contributed by atoms with Crippen LogP contribution in [0.25, 0.3) is 11.0 Å². The van der Waals surface area contributed by atoms with Crippen molar-refractivity contribution >= 4 is 11.0 Å². The molecular formula is C11H11NO4. The number of pyridine rings is 1. The molecule has 0 fully saturated rings. The summed E-state index contributed by atoms with van der Waals surface area (Å²) in [6.45, 7) is 1.56. The van der Waals surface area contributed by atoms with E-state index in [1.165, 1.54) is 6.07 Å². The maximum Gasteiger partial charge on any atom is 0.339 e. The lowest BCUT2D eigenvalue weighted by atomic mass is 10.1. The third-order valence-electron chi connectivity index (χ3n) is 2.33. The first kappa shape index (κ1) is 10.6. The van der Waals surface area contributed by atoms with E-state index >= 15 is 0 Å². The third-order valence-corrected chi connectivity index (χ3v) is 2.33. The number of aromatic amines is 1. The molecule has 0 spiro atoms. The highest BCUT2D eigenvalue weighted by Crippen LogP contribution is 2.09. The summed E-state index contributed by atoms with van der Waals surface area (Å²) in [5.74, 6) is 0. The lowest BCUT2D eigenvalue weighted by molar-refractivity contribution is 0.298. The second-order valence-corrected chi connectivity index (χ2v) is 3.59. The van der Waals surface area contributed by atoms with Crippen molar-refractivity contribution in [2.75, 3.05) is 6.61 Å². The van der Waals surface area contributed by atoms with Crippen molar-refractivity contribution in [1.29, 1.82) is 0 Å². The van der Waals surface area contributed by atoms with Gasteiger partial charge in [0.2, 0.25) is 0 Å². The lowest BCUT2D eigenvalue weighted by Crippen LogP contribution is -2.14. The molecule has 0 unspecified atom stereocenters. The molecule has 0 bridgehead atoms. The fourth-order valence-electron chi connectivity index (χ4n) is 1.58. The normalized spacial score (nSPS) is 10.9. The van der Waals surface area contributed by atoms with Crippen molar-refractivity contribution in [2.24, 2.45) is 0 Å². The maximum atomic E-state index is 11.6. The first-order valence-electron chi connectivity index (χ1n) is 4.89. The first-order valence-corrected chi connectivity index (χ1v) is 4.89. The predicted molar refractivity (Wildman–Crippen MR) is 58.6 cm³/mol. The number of nitrogens with one attached hydrogen (secondary N) is 1. The Bertz CT molecular complexity index is 638. The number of aryl methyl sites for hydroxylation is 1. The monoisotopic (exact) mass is 221 g/mol. The van der Waals surface area contributed by atoms with Crippen molar-refractivity contribution < 1.29 is 9.52 Å². The minimum Gasteiger partial charge on any atom is -0.422 e. The number of aromatic nitrogens is 1. The molecule has 0 aliphatic rings. The van der Waals surface area contributed by atoms with Crippen LogP contribution in [0.4, 0.5) is 0 Å². The van der Waals surface area contributed by atoms with Gasteiger partial charge in [-0.2, -0.15) is 0 Å². The van der Waals surface area contributed by atoms with Gasteiger partial charge in [0, 0.05) is 30.4 Å². The van der Waals surface area contributed by atoms with E-state index < -0.39 is 5.63 Å². The fourth-order valence-corrected chi connectivity index (χ4v) is 1.58. The Morgan fingerprint density at radius 2 is 2.12 bits per heavy atom. The number of H-pyrrole nitrogens is 1. The molecule has 0 aromatic carbocycles. The van der Waals surface area contributed by atoms with Crippen molar-refractivity contribution in [3.63, 3.8) is 0 Å². The van der Waals surface area contributed by atoms with Crippen molar-refractivity contribution in [2.45, 2.75) is 13.3 Å². The van der Waals surface area contributed by atoms with Crippen LogP contribution >= 0.6 is 0 Å². The van der Waals surface area contributed by atoms with Gasteiger partial charge < -0.3 is 14.5 Å². The van der Waals surface area contributed by atoms with Gasteiger partial charge in [0.15, 0.2) is 0 Å². The van der Waals surface area contributed by atoms with Crippen molar-refractivity contribution in [3.05, 3.63) is 44.2 Å². The van der Waals surface area contributed by atoms with E-state index in [1.54, 1.807) is 13.0 Å². The Morgan fingerprint density at radius 3 is 2.81 bits per heavy atom. The molecule has 16 heavy (non-hydrogen) atoms. The summed E-state index contributed by atoms with van der Waals surface area (Å²) in [6, 6.07) is 3.07. The average molecular weight is 221 g/mol. The van der Waals surface area contributed by atoms with Crippen LogP contribution in [-0.4, -0.2) is 16.7 Å². The molecular weight excluding hydrogens is 210 g/mol. The number of rotatable bonds is 2. The van der Waals surface area contributed by atoms with Gasteiger partial charge in [0.05, 0.1) is 5.39 Å². The third kappa shape index (κ3) is 1.77. The molecule has 2 aromatic heterocycles. The molecule has 2 heterocycles. The van der Waals surface area contributed by atoms with Gasteiger partial charge >= 0.3 is 5.63 Å². The number of hydrogen-bond acceptors (Lipinski definition) is 4. The van der Waals surface area contributed by atoms with Gasteiger partial charge in [0.25, 0.3) is 5.56 Å². The minimum absolute atomic E-state index is 0.153. The second kappa shape index (κ2) is 3.94. The summed E-state index contributed by atoms with van der Waals surface area (Å²) in [5, 5.41) is 9.09. The van der Waals surface area contributed by atoms with Gasteiger partial charge in [0.1, 0.15) is 5.58 Å². The van der Waals surface area contributed by atoms with Crippen LogP contribution in [-0.2, 0) is 6.42 Å². The highest BCUT2D eigenvalue weighted by molar-refractivity contribution is 5.76. The zero-order valence-electron chi connectivity index (χ0n) is 8.74. The summed E-state index contributed by atoms with van der Waals surface area (Å²) in [6.07, 6.45) is 0.186. The van der Waals surface area contributed by atoms with Crippen LogP contribution in [0.15, 0.2) is 26.1 Å². The maximum absolute atomic E-state index is 11.6. The molecule has 2 N–H and O–H groups in total. The van der Waals surface area contributed by atoms with E-state index in [0.717, 1.165) is 0 Å². The molecule has 5 nitrogen and oxygen atoms in total. The zero-order valence-corrected chi connectivity index (χ0v) is 8.74. The van der Waals surface area contributed by atoms with Crippen LogP contribution in [0.2, 0.25) is 0 Å². The molecule has 0 aliphatic heterocycles. The molecule has 0 amide bonds. The van der Waals surface area contributed by atoms with Crippen LogP contribution < -0.4 is 11.2 Å². The van der Waals surface area contributed by atoms with E-state index in [0.29, 0.717) is 16.6 Å². The Hall–Kier alpha value is -1.88. The Kier molecular flexibility index (Phi) is 2.62. The molecule has 2 aromatic rings. The van der Waals surface area contributed by atoms with Crippen LogP contribution in [0.3, 0.4) is 0 Å². The van der Waals surface area contributed by atoms with Gasteiger partial charge in [-0.05, 0) is 13.0 Å². The predicted octanol–water partition coefficient (Wildman–Crippen LogP) is 0.325. The van der Waals surface area contributed by atoms with Gasteiger partial charge in [-0.15, -0.1) is 0 Å². The molecule has 84 valence electrons. The smallest absolute Gasteiger partial charge is 0.339 e. The SMILES string of the molecule is Cc1cc2oc(=O)c(CCO)cc2c(=O)[nH]1. The number of fused-ring (bicyclic) bond motifs is 1. The van der Waals surface area contributed by atoms with E-state index in [2.05, 4.69) is 4.98 Å². The topological polar surface area (TPSA) is 83.3 Å². The number of hydrogen-bond donors (Lipinski definition) is 2. The fraction of sp³-hybridized carbons (Fsp3) is 0.273. The Balaban J connectivity index is 2.79. The standard InChI is InChI=1S/C11H11NO4/c1-6-4-9-8(10(14)12-6)5-7(2-3-13)11(15)16-9/h4-5,13H,2-3H2,1H3,(H,12,14). The molecule has 0 aliphatic carbocycles. The van der Waals surface area contributed by atoms with Gasteiger partial charge in [-0.25, -0.2) is 4.79 Å². The quantitative estimate of drug-likeness (QED) is 0.765. The zero-order chi connectivity index (χ0) is 11.7. The van der Waals surface area contributed by atoms with Crippen LogP contribution in [0, 0.1) is 6.92 Å². The van der Waals surface area contributed by atoms with E-state index in [9.17, 15) is 9.59 Å². The summed E-state index contributed by atoms with van der Waals surface area (Å²) < 4.78 is 5.02. The minimum atomic E-state index is -0.508. The Labute approximate surface area is 90.3 Å². The highest BCUT2D eigenvalue weighted by Gasteiger charge is 2.07. The summed E-state index contributed by atoms with van der Waals surface area (Å²) >= 11 is 0. The largest absolute Gasteiger partial charge is 0.422 e. The van der Waals surface area contributed by atoms with Crippen LogP contribution in [0.1, 0.15) is 11.3 Å². The van der Waals surface area contributed by atoms with Gasteiger partial charge in [-0.3, -0.25) is 4.79 Å². The summed E-state index contributed by atoms with van der Waals surface area (Å²) in [7, 11) is 0. The molecule has 0 saturated heterocycles. The lowest BCUT2D eigenvalue weighted by Gasteiger charge is -2.00. The van der Waals surface area contributed by atoms with Gasteiger partial charge in [-0.1, -0.05) is 0 Å². The number of aliphatic hydroxyl groups excluding tert-OH is 1. The molecule has 2 rings (SSSR count).